The number of rotatable bonds is 13. The Morgan fingerprint density at radius 3 is 2.21 bits per heavy atom. The Hall–Kier alpha value is -2.16. The minimum atomic E-state index is -1.02. The first-order valence-corrected chi connectivity index (χ1v) is 11.8. The summed E-state index contributed by atoms with van der Waals surface area (Å²) >= 11 is 0. The molecular formula is C25H43N3O5. The van der Waals surface area contributed by atoms with Crippen molar-refractivity contribution in [1.29, 1.82) is 0 Å². The molecule has 1 unspecified atom stereocenters. The summed E-state index contributed by atoms with van der Waals surface area (Å²) in [6, 6.07) is 7.98. The predicted molar refractivity (Wildman–Crippen MR) is 130 cm³/mol. The van der Waals surface area contributed by atoms with Gasteiger partial charge in [-0.1, -0.05) is 57.5 Å². The molecule has 1 rings (SSSR count). The molecule has 0 saturated carbocycles. The van der Waals surface area contributed by atoms with Crippen LogP contribution >= 0.6 is 0 Å². The molecule has 0 saturated heterocycles. The lowest BCUT2D eigenvalue weighted by Gasteiger charge is -2.29. The molecule has 0 aliphatic heterocycles. The van der Waals surface area contributed by atoms with Gasteiger partial charge in [0.1, 0.15) is 11.6 Å². The number of hydrogen-bond acceptors (Lipinski definition) is 6. The van der Waals surface area contributed by atoms with Gasteiger partial charge in [0.25, 0.3) is 0 Å². The normalized spacial score (nSPS) is 15.4. The number of hydrogen-bond donors (Lipinski definition) is 5. The first-order chi connectivity index (χ1) is 15.4. The Morgan fingerprint density at radius 2 is 1.67 bits per heavy atom. The lowest BCUT2D eigenvalue weighted by atomic mass is 10.00. The van der Waals surface area contributed by atoms with Crippen LogP contribution < -0.4 is 16.0 Å². The van der Waals surface area contributed by atoms with Crippen LogP contribution in [0.25, 0.3) is 0 Å². The first kappa shape index (κ1) is 28.9. The fourth-order valence-corrected chi connectivity index (χ4v) is 3.28. The number of aliphatic hydroxyl groups excluding tert-OH is 2. The topological polar surface area (TPSA) is 120 Å². The van der Waals surface area contributed by atoms with E-state index < -0.39 is 36.0 Å². The van der Waals surface area contributed by atoms with Crippen molar-refractivity contribution in [2.24, 2.45) is 5.92 Å². The highest BCUT2D eigenvalue weighted by molar-refractivity contribution is 5.82. The Kier molecular flexibility index (Phi) is 12.4. The van der Waals surface area contributed by atoms with E-state index in [0.717, 1.165) is 12.0 Å². The number of ether oxygens (including phenoxy) is 1. The van der Waals surface area contributed by atoms with Crippen molar-refractivity contribution in [2.75, 3.05) is 13.1 Å². The van der Waals surface area contributed by atoms with Crippen LogP contribution in [0, 0.1) is 5.92 Å². The maximum atomic E-state index is 12.7. The van der Waals surface area contributed by atoms with Gasteiger partial charge in [0.2, 0.25) is 5.91 Å². The van der Waals surface area contributed by atoms with Gasteiger partial charge in [0, 0.05) is 13.1 Å². The Balaban J connectivity index is 2.90. The Morgan fingerprint density at radius 1 is 1.03 bits per heavy atom. The highest BCUT2D eigenvalue weighted by atomic mass is 16.6. The van der Waals surface area contributed by atoms with Crippen LogP contribution in [0.5, 0.6) is 0 Å². The van der Waals surface area contributed by atoms with Crippen LogP contribution in [0.4, 0.5) is 4.79 Å². The molecule has 2 amide bonds. The molecule has 188 valence electrons. The summed E-state index contributed by atoms with van der Waals surface area (Å²) in [5.41, 5.74) is 0.267. The van der Waals surface area contributed by atoms with E-state index in [1.165, 1.54) is 0 Å². The summed E-state index contributed by atoms with van der Waals surface area (Å²) in [6.07, 6.45) is -0.986. The van der Waals surface area contributed by atoms with Gasteiger partial charge >= 0.3 is 6.09 Å². The summed E-state index contributed by atoms with van der Waals surface area (Å²) in [6.45, 7) is 11.7. The zero-order valence-corrected chi connectivity index (χ0v) is 20.9. The quantitative estimate of drug-likeness (QED) is 0.305. The van der Waals surface area contributed by atoms with Crippen LogP contribution in [-0.2, 0) is 16.0 Å². The SMILES string of the molecule is CCC[C@@H](O)C(NC[C@H](O)[C@H](Cc1ccccc1)NC(=O)OC(C)(C)C)C(=O)NCC(C)C. The second kappa shape index (κ2) is 14.2. The van der Waals surface area contributed by atoms with Gasteiger partial charge in [-0.2, -0.15) is 0 Å². The zero-order chi connectivity index (χ0) is 25.0. The van der Waals surface area contributed by atoms with Gasteiger partial charge < -0.3 is 30.9 Å². The van der Waals surface area contributed by atoms with Crippen molar-refractivity contribution in [3.05, 3.63) is 35.9 Å². The molecule has 0 aliphatic rings. The summed E-state index contributed by atoms with van der Waals surface area (Å²) in [7, 11) is 0. The molecule has 0 bridgehead atoms. The van der Waals surface area contributed by atoms with E-state index in [-0.39, 0.29) is 18.4 Å². The average molecular weight is 466 g/mol. The van der Waals surface area contributed by atoms with Crippen molar-refractivity contribution in [3.63, 3.8) is 0 Å². The Labute approximate surface area is 198 Å². The third kappa shape index (κ3) is 12.0. The van der Waals surface area contributed by atoms with Crippen LogP contribution in [0.15, 0.2) is 30.3 Å². The van der Waals surface area contributed by atoms with Gasteiger partial charge in [-0.05, 0) is 45.1 Å². The van der Waals surface area contributed by atoms with E-state index in [0.29, 0.717) is 19.4 Å². The molecule has 0 fully saturated rings. The number of aliphatic hydroxyl groups is 2. The molecular weight excluding hydrogens is 422 g/mol. The molecule has 8 heteroatoms. The van der Waals surface area contributed by atoms with Crippen molar-refractivity contribution in [1.82, 2.24) is 16.0 Å². The number of nitrogens with one attached hydrogen (secondary N) is 3. The summed E-state index contributed by atoms with van der Waals surface area (Å²) in [4.78, 5) is 25.1. The number of carbonyl (C=O) groups excluding carboxylic acids is 2. The minimum absolute atomic E-state index is 0.00778. The second-order valence-electron chi connectivity index (χ2n) is 9.89. The van der Waals surface area contributed by atoms with Crippen LogP contribution in [-0.4, -0.2) is 65.2 Å². The highest BCUT2D eigenvalue weighted by Crippen LogP contribution is 2.11. The molecule has 33 heavy (non-hydrogen) atoms. The minimum Gasteiger partial charge on any atom is -0.444 e. The third-order valence-corrected chi connectivity index (χ3v) is 4.95. The van der Waals surface area contributed by atoms with Crippen molar-refractivity contribution < 1.29 is 24.5 Å². The number of amides is 2. The number of alkyl carbamates (subject to hydrolysis) is 1. The smallest absolute Gasteiger partial charge is 0.407 e. The maximum Gasteiger partial charge on any atom is 0.407 e. The lowest BCUT2D eigenvalue weighted by Crippen LogP contribution is -2.56. The third-order valence-electron chi connectivity index (χ3n) is 4.95. The van der Waals surface area contributed by atoms with Crippen LogP contribution in [0.1, 0.15) is 59.9 Å². The predicted octanol–water partition coefficient (Wildman–Crippen LogP) is 2.37. The average Bonchev–Trinajstić information content (AvgIpc) is 2.71. The van der Waals surface area contributed by atoms with E-state index in [1.54, 1.807) is 20.8 Å². The monoisotopic (exact) mass is 465 g/mol. The van der Waals surface area contributed by atoms with E-state index >= 15 is 0 Å². The van der Waals surface area contributed by atoms with Crippen molar-refractivity contribution >= 4 is 12.0 Å². The van der Waals surface area contributed by atoms with E-state index in [4.69, 9.17) is 4.74 Å². The second-order valence-corrected chi connectivity index (χ2v) is 9.89. The molecule has 5 N–H and O–H groups in total. The number of carbonyl (C=O) groups is 2. The molecule has 0 radical (unpaired) electrons. The standard InChI is InChI=1S/C25H43N3O5/c1-7-11-20(29)22(23(31)27-15-17(2)3)26-16-21(30)19(14-18-12-9-8-10-13-18)28-24(32)33-25(4,5)6/h8-10,12-13,17,19-22,26,29-30H,7,11,14-16H2,1-6H3,(H,27,31)(H,28,32)/t19-,20+,21-,22?/m0/s1. The van der Waals surface area contributed by atoms with Gasteiger partial charge in [-0.15, -0.1) is 0 Å². The summed E-state index contributed by atoms with van der Waals surface area (Å²) in [5.74, 6) is -0.0339. The fraction of sp³-hybridized carbons (Fsp3) is 0.680. The van der Waals surface area contributed by atoms with E-state index in [2.05, 4.69) is 16.0 Å². The fourth-order valence-electron chi connectivity index (χ4n) is 3.28. The zero-order valence-electron chi connectivity index (χ0n) is 20.9. The molecule has 4 atom stereocenters. The van der Waals surface area contributed by atoms with Gasteiger partial charge in [0.15, 0.2) is 0 Å². The molecule has 0 heterocycles. The summed E-state index contributed by atoms with van der Waals surface area (Å²) in [5, 5.41) is 30.0. The van der Waals surface area contributed by atoms with E-state index in [1.807, 2.05) is 51.1 Å². The van der Waals surface area contributed by atoms with Gasteiger partial charge in [0.05, 0.1) is 18.2 Å². The molecule has 1 aromatic rings. The molecule has 1 aromatic carbocycles. The molecule has 8 nitrogen and oxygen atoms in total. The molecule has 0 aliphatic carbocycles. The maximum absolute atomic E-state index is 12.7. The largest absolute Gasteiger partial charge is 0.444 e. The van der Waals surface area contributed by atoms with Crippen LogP contribution in [0.2, 0.25) is 0 Å². The van der Waals surface area contributed by atoms with Crippen molar-refractivity contribution in [3.8, 4) is 0 Å². The lowest BCUT2D eigenvalue weighted by molar-refractivity contribution is -0.126. The van der Waals surface area contributed by atoms with E-state index in [9.17, 15) is 19.8 Å². The van der Waals surface area contributed by atoms with Gasteiger partial charge in [-0.3, -0.25) is 4.79 Å². The number of benzene rings is 1. The molecule has 0 spiro atoms. The summed E-state index contributed by atoms with van der Waals surface area (Å²) < 4.78 is 5.36. The van der Waals surface area contributed by atoms with Crippen molar-refractivity contribution in [2.45, 2.75) is 90.7 Å². The Bertz CT molecular complexity index is 706. The molecule has 0 aromatic heterocycles. The van der Waals surface area contributed by atoms with Gasteiger partial charge in [-0.25, -0.2) is 4.79 Å². The van der Waals surface area contributed by atoms with Crippen LogP contribution in [0.3, 0.4) is 0 Å². The first-order valence-electron chi connectivity index (χ1n) is 11.8. The highest BCUT2D eigenvalue weighted by Gasteiger charge is 2.29.